The molecule has 1 heterocycles. The van der Waals surface area contributed by atoms with Gasteiger partial charge in [-0.1, -0.05) is 18.2 Å². The Kier molecular flexibility index (Phi) is 1.44. The molecule has 0 saturated heterocycles. The van der Waals surface area contributed by atoms with Crippen LogP contribution in [0.4, 0.5) is 5.69 Å². The number of anilines is 1. The maximum absolute atomic E-state index is 3.99. The fraction of sp³-hybridized carbons (Fsp3) is 0. The van der Waals surface area contributed by atoms with Crippen molar-refractivity contribution in [2.45, 2.75) is 0 Å². The maximum Gasteiger partial charge on any atom is 0.131 e. The first-order chi connectivity index (χ1) is 5.45. The van der Waals surface area contributed by atoms with Crippen LogP contribution in [0, 0.1) is 0 Å². The molecule has 0 aliphatic carbocycles. The van der Waals surface area contributed by atoms with Gasteiger partial charge in [0.15, 0.2) is 0 Å². The topological polar surface area (TPSA) is 24.4 Å². The number of aliphatic imine (C=N–C) groups is 1. The van der Waals surface area contributed by atoms with Gasteiger partial charge in [0.2, 0.25) is 0 Å². The largest absolute Gasteiger partial charge is 0.340 e. The lowest BCUT2D eigenvalue weighted by Crippen LogP contribution is -2.11. The summed E-state index contributed by atoms with van der Waals surface area (Å²) in [4.78, 5) is 3.99. The molecule has 0 amide bonds. The zero-order valence-corrected chi connectivity index (χ0v) is 5.99. The minimum absolute atomic E-state index is 0.927. The molecule has 0 spiro atoms. The molecule has 1 aliphatic rings. The molecule has 0 atom stereocenters. The van der Waals surface area contributed by atoms with E-state index in [0.717, 1.165) is 11.5 Å². The van der Waals surface area contributed by atoms with E-state index in [9.17, 15) is 0 Å². The van der Waals surface area contributed by atoms with E-state index in [4.69, 9.17) is 0 Å². The van der Waals surface area contributed by atoms with Crippen molar-refractivity contribution in [2.24, 2.45) is 4.99 Å². The highest BCUT2D eigenvalue weighted by atomic mass is 15.0. The first-order valence-corrected chi connectivity index (χ1v) is 3.51. The third-order valence-electron chi connectivity index (χ3n) is 1.49. The normalized spacial score (nSPS) is 13.6. The Morgan fingerprint density at radius 3 is 2.36 bits per heavy atom. The van der Waals surface area contributed by atoms with Crippen molar-refractivity contribution in [2.75, 3.05) is 5.32 Å². The third-order valence-corrected chi connectivity index (χ3v) is 1.49. The molecule has 0 unspecified atom stereocenters. The van der Waals surface area contributed by atoms with Gasteiger partial charge in [-0.3, -0.25) is 0 Å². The summed E-state index contributed by atoms with van der Waals surface area (Å²) in [5.74, 6) is 0.927. The van der Waals surface area contributed by atoms with Crippen LogP contribution >= 0.6 is 0 Å². The summed E-state index contributed by atoms with van der Waals surface area (Å²) in [5, 5.41) is 3.14. The second kappa shape index (κ2) is 2.58. The first kappa shape index (κ1) is 6.16. The van der Waals surface area contributed by atoms with Gasteiger partial charge in [-0.25, -0.2) is 4.99 Å². The summed E-state index contributed by atoms with van der Waals surface area (Å²) in [6.45, 7) is 0. The quantitative estimate of drug-likeness (QED) is 0.640. The second-order valence-electron chi connectivity index (χ2n) is 2.32. The Balaban J connectivity index is 2.07. The van der Waals surface area contributed by atoms with Gasteiger partial charge in [-0.2, -0.15) is 0 Å². The Bertz CT molecular complexity index is 299. The van der Waals surface area contributed by atoms with Gasteiger partial charge >= 0.3 is 0 Å². The van der Waals surface area contributed by atoms with Crippen molar-refractivity contribution in [1.29, 1.82) is 0 Å². The number of hydrogen-bond acceptors (Lipinski definition) is 2. The molecular weight excluding hydrogens is 136 g/mol. The number of nitrogens with zero attached hydrogens (tertiary/aromatic N) is 1. The Labute approximate surface area is 65.3 Å². The van der Waals surface area contributed by atoms with Crippen LogP contribution in [0.2, 0.25) is 0 Å². The van der Waals surface area contributed by atoms with Crippen molar-refractivity contribution >= 4 is 11.5 Å². The number of rotatable bonds is 1. The predicted octanol–water partition coefficient (Wildman–Crippen LogP) is 2.02. The third kappa shape index (κ3) is 1.29. The second-order valence-corrected chi connectivity index (χ2v) is 2.32. The highest BCUT2D eigenvalue weighted by molar-refractivity contribution is 6.07. The van der Waals surface area contributed by atoms with E-state index < -0.39 is 0 Å². The summed E-state index contributed by atoms with van der Waals surface area (Å²) in [6, 6.07) is 9.99. The molecule has 0 radical (unpaired) electrons. The van der Waals surface area contributed by atoms with Crippen molar-refractivity contribution in [3.8, 4) is 0 Å². The molecule has 54 valence electrons. The fourth-order valence-corrected chi connectivity index (χ4v) is 0.892. The summed E-state index contributed by atoms with van der Waals surface area (Å²) in [5.41, 5.74) is 1.08. The molecular formula is C9H8N2. The zero-order valence-electron chi connectivity index (χ0n) is 5.99. The summed E-state index contributed by atoms with van der Waals surface area (Å²) in [7, 11) is 0. The van der Waals surface area contributed by atoms with Crippen molar-refractivity contribution in [1.82, 2.24) is 0 Å². The number of para-hydroxylation sites is 1. The molecule has 1 aromatic carbocycles. The molecule has 0 saturated carbocycles. The van der Waals surface area contributed by atoms with E-state index in [2.05, 4.69) is 10.3 Å². The van der Waals surface area contributed by atoms with Crippen LogP contribution in [0.1, 0.15) is 0 Å². The molecule has 0 bridgehead atoms. The van der Waals surface area contributed by atoms with Gasteiger partial charge in [0.1, 0.15) is 5.84 Å². The number of benzene rings is 1. The van der Waals surface area contributed by atoms with Crippen LogP contribution in [0.15, 0.2) is 47.6 Å². The van der Waals surface area contributed by atoms with E-state index in [1.54, 1.807) is 6.20 Å². The van der Waals surface area contributed by atoms with E-state index in [0.29, 0.717) is 0 Å². The van der Waals surface area contributed by atoms with E-state index >= 15 is 0 Å². The highest BCUT2D eigenvalue weighted by Crippen LogP contribution is 2.07. The van der Waals surface area contributed by atoms with Gasteiger partial charge in [-0.05, 0) is 18.2 Å². The van der Waals surface area contributed by atoms with Gasteiger partial charge in [-0.15, -0.1) is 0 Å². The van der Waals surface area contributed by atoms with Gasteiger partial charge in [0.05, 0.1) is 0 Å². The van der Waals surface area contributed by atoms with Gasteiger partial charge < -0.3 is 5.32 Å². The van der Waals surface area contributed by atoms with E-state index in [1.807, 2.05) is 36.4 Å². The maximum atomic E-state index is 3.99. The van der Waals surface area contributed by atoms with E-state index in [-0.39, 0.29) is 0 Å². The molecule has 2 rings (SSSR count). The van der Waals surface area contributed by atoms with Crippen LogP contribution in [0.25, 0.3) is 0 Å². The average molecular weight is 144 g/mol. The van der Waals surface area contributed by atoms with Gasteiger partial charge in [0, 0.05) is 11.9 Å². The van der Waals surface area contributed by atoms with Gasteiger partial charge in [0.25, 0.3) is 0 Å². The average Bonchev–Trinajstić information content (AvgIpc) is 1.99. The number of amidine groups is 1. The molecule has 2 heteroatoms. The lowest BCUT2D eigenvalue weighted by atomic mass is 10.3. The number of hydrogen-bond donors (Lipinski definition) is 1. The lowest BCUT2D eigenvalue weighted by Gasteiger charge is -2.08. The summed E-state index contributed by atoms with van der Waals surface area (Å²) in [6.07, 6.45) is 3.71. The molecule has 1 N–H and O–H groups in total. The van der Waals surface area contributed by atoms with Crippen molar-refractivity contribution in [3.63, 3.8) is 0 Å². The fourth-order valence-electron chi connectivity index (χ4n) is 0.892. The smallest absolute Gasteiger partial charge is 0.131 e. The Morgan fingerprint density at radius 1 is 1.09 bits per heavy atom. The van der Waals surface area contributed by atoms with Crippen LogP contribution in [-0.2, 0) is 0 Å². The van der Waals surface area contributed by atoms with Crippen LogP contribution in [-0.4, -0.2) is 5.84 Å². The monoisotopic (exact) mass is 144 g/mol. The molecule has 11 heavy (non-hydrogen) atoms. The predicted molar refractivity (Wildman–Crippen MR) is 46.6 cm³/mol. The summed E-state index contributed by atoms with van der Waals surface area (Å²) < 4.78 is 0. The molecule has 0 aromatic heterocycles. The minimum Gasteiger partial charge on any atom is -0.340 e. The lowest BCUT2D eigenvalue weighted by molar-refractivity contribution is 1.46. The van der Waals surface area contributed by atoms with E-state index in [1.165, 1.54) is 0 Å². The molecule has 0 fully saturated rings. The first-order valence-electron chi connectivity index (χ1n) is 3.51. The highest BCUT2D eigenvalue weighted by Gasteiger charge is 1.98. The number of nitrogens with one attached hydrogen (secondary N) is 1. The van der Waals surface area contributed by atoms with Crippen molar-refractivity contribution in [3.05, 3.63) is 42.6 Å². The standard InChI is InChI=1S/C9H8N2/c1-2-4-8(5-3-1)11-9-6-7-10-9/h1-7H,(H,10,11). The van der Waals surface area contributed by atoms with Crippen LogP contribution < -0.4 is 5.32 Å². The molecule has 2 nitrogen and oxygen atoms in total. The van der Waals surface area contributed by atoms with Crippen molar-refractivity contribution < 1.29 is 0 Å². The molecule has 1 aliphatic heterocycles. The minimum atomic E-state index is 0.927. The molecule has 1 aromatic rings. The van der Waals surface area contributed by atoms with Crippen LogP contribution in [0.5, 0.6) is 0 Å². The SMILES string of the molecule is C1=CC(Nc2ccccc2)=N1. The summed E-state index contributed by atoms with van der Waals surface area (Å²) >= 11 is 0. The Morgan fingerprint density at radius 2 is 1.82 bits per heavy atom. The zero-order chi connectivity index (χ0) is 7.52. The Hall–Kier alpha value is -1.57. The van der Waals surface area contributed by atoms with Crippen LogP contribution in [0.3, 0.4) is 0 Å².